The maximum Gasteiger partial charge on any atom is 0.253 e. The highest BCUT2D eigenvalue weighted by Gasteiger charge is 2.11. The van der Waals surface area contributed by atoms with Crippen molar-refractivity contribution in [3.8, 4) is 5.75 Å². The van der Waals surface area contributed by atoms with E-state index in [0.29, 0.717) is 24.8 Å². The van der Waals surface area contributed by atoms with Gasteiger partial charge in [-0.15, -0.1) is 10.2 Å². The Hall–Kier alpha value is -2.62. The molecular weight excluding hydrogens is 300 g/mol. The highest BCUT2D eigenvalue weighted by atomic mass is 16.5. The molecule has 4 heteroatoms. The molecular formula is C20H20N2O2. The first-order valence-corrected chi connectivity index (χ1v) is 8.46. The fourth-order valence-corrected chi connectivity index (χ4v) is 3.13. The third-order valence-corrected chi connectivity index (χ3v) is 4.39. The van der Waals surface area contributed by atoms with E-state index in [9.17, 15) is 0 Å². The molecule has 0 spiro atoms. The van der Waals surface area contributed by atoms with Crippen LogP contribution in [0.2, 0.25) is 0 Å². The summed E-state index contributed by atoms with van der Waals surface area (Å²) in [5.74, 6) is 2.00. The quantitative estimate of drug-likeness (QED) is 0.709. The van der Waals surface area contributed by atoms with Gasteiger partial charge in [-0.25, -0.2) is 0 Å². The first-order chi connectivity index (χ1) is 11.9. The molecule has 0 radical (unpaired) electrons. The largest absolute Gasteiger partial charge is 0.484 e. The van der Waals surface area contributed by atoms with Crippen molar-refractivity contribution in [1.82, 2.24) is 10.2 Å². The van der Waals surface area contributed by atoms with Crippen molar-refractivity contribution in [3.05, 3.63) is 77.0 Å². The molecule has 1 heterocycles. The molecule has 24 heavy (non-hydrogen) atoms. The number of aryl methyl sites for hydroxylation is 2. The Morgan fingerprint density at radius 2 is 1.67 bits per heavy atom. The van der Waals surface area contributed by atoms with Crippen LogP contribution in [0, 0.1) is 0 Å². The molecule has 0 unspecified atom stereocenters. The van der Waals surface area contributed by atoms with Crippen LogP contribution in [0.1, 0.15) is 41.3 Å². The van der Waals surface area contributed by atoms with E-state index >= 15 is 0 Å². The highest BCUT2D eigenvalue weighted by molar-refractivity contribution is 5.37. The van der Waals surface area contributed by atoms with Gasteiger partial charge in [-0.2, -0.15) is 0 Å². The number of benzene rings is 2. The molecule has 2 aromatic carbocycles. The second-order valence-corrected chi connectivity index (χ2v) is 6.18. The zero-order chi connectivity index (χ0) is 16.2. The Bertz CT molecular complexity index is 812. The van der Waals surface area contributed by atoms with Crippen LogP contribution in [0.25, 0.3) is 0 Å². The summed E-state index contributed by atoms with van der Waals surface area (Å²) in [6.07, 6.45) is 5.53. The van der Waals surface area contributed by atoms with Gasteiger partial charge < -0.3 is 9.15 Å². The SMILES string of the molecule is c1ccc(Cc2nnc(COc3ccc4c(c3)CCCC4)o2)cc1. The second-order valence-electron chi connectivity index (χ2n) is 6.18. The monoisotopic (exact) mass is 320 g/mol. The molecule has 4 rings (SSSR count). The number of nitrogens with zero attached hydrogens (tertiary/aromatic N) is 2. The van der Waals surface area contributed by atoms with Gasteiger partial charge in [0.25, 0.3) is 5.89 Å². The van der Waals surface area contributed by atoms with Gasteiger partial charge in [-0.1, -0.05) is 36.4 Å². The predicted octanol–water partition coefficient (Wildman–Crippen LogP) is 4.12. The smallest absolute Gasteiger partial charge is 0.253 e. The standard InChI is InChI=1S/C20H20N2O2/c1-2-6-15(7-3-1)12-19-21-22-20(24-19)14-23-18-11-10-16-8-4-5-9-17(16)13-18/h1-3,6-7,10-11,13H,4-5,8-9,12,14H2. The first-order valence-electron chi connectivity index (χ1n) is 8.46. The summed E-state index contributed by atoms with van der Waals surface area (Å²) in [5, 5.41) is 8.17. The molecule has 1 aliphatic rings. The minimum absolute atomic E-state index is 0.306. The van der Waals surface area contributed by atoms with E-state index in [-0.39, 0.29) is 0 Å². The minimum atomic E-state index is 0.306. The van der Waals surface area contributed by atoms with E-state index in [4.69, 9.17) is 9.15 Å². The zero-order valence-electron chi connectivity index (χ0n) is 13.6. The van der Waals surface area contributed by atoms with Gasteiger partial charge in [-0.3, -0.25) is 0 Å². The van der Waals surface area contributed by atoms with Crippen LogP contribution in [-0.2, 0) is 25.9 Å². The van der Waals surface area contributed by atoms with Crippen LogP contribution in [0.4, 0.5) is 0 Å². The molecule has 0 amide bonds. The first kappa shape index (κ1) is 14.9. The van der Waals surface area contributed by atoms with E-state index in [1.807, 2.05) is 36.4 Å². The lowest BCUT2D eigenvalue weighted by atomic mass is 9.92. The Labute approximate surface area is 141 Å². The van der Waals surface area contributed by atoms with Gasteiger partial charge in [0.2, 0.25) is 5.89 Å². The second kappa shape index (κ2) is 6.87. The van der Waals surface area contributed by atoms with Gasteiger partial charge in [0.05, 0.1) is 6.42 Å². The number of aromatic nitrogens is 2. The third kappa shape index (κ3) is 3.48. The molecule has 1 aliphatic carbocycles. The summed E-state index contributed by atoms with van der Waals surface area (Å²) in [4.78, 5) is 0. The van der Waals surface area contributed by atoms with E-state index in [1.165, 1.54) is 30.4 Å². The summed E-state index contributed by atoms with van der Waals surface area (Å²) < 4.78 is 11.5. The van der Waals surface area contributed by atoms with Gasteiger partial charge in [0.1, 0.15) is 5.75 Å². The normalized spacial score (nSPS) is 13.5. The van der Waals surface area contributed by atoms with Gasteiger partial charge in [-0.05, 0) is 54.5 Å². The van der Waals surface area contributed by atoms with Gasteiger partial charge >= 0.3 is 0 Å². The average molecular weight is 320 g/mol. The van der Waals surface area contributed by atoms with Crippen LogP contribution >= 0.6 is 0 Å². The Balaban J connectivity index is 1.38. The van der Waals surface area contributed by atoms with Crippen LogP contribution in [0.5, 0.6) is 5.75 Å². The molecule has 0 N–H and O–H groups in total. The van der Waals surface area contributed by atoms with Crippen molar-refractivity contribution in [1.29, 1.82) is 0 Å². The molecule has 122 valence electrons. The zero-order valence-corrected chi connectivity index (χ0v) is 13.6. The van der Waals surface area contributed by atoms with Crippen LogP contribution in [0.3, 0.4) is 0 Å². The Morgan fingerprint density at radius 3 is 2.54 bits per heavy atom. The average Bonchev–Trinajstić information content (AvgIpc) is 3.08. The number of fused-ring (bicyclic) bond motifs is 1. The van der Waals surface area contributed by atoms with E-state index in [2.05, 4.69) is 22.3 Å². The molecule has 0 atom stereocenters. The maximum atomic E-state index is 5.83. The summed E-state index contributed by atoms with van der Waals surface area (Å²) in [7, 11) is 0. The van der Waals surface area contributed by atoms with E-state index in [1.54, 1.807) is 0 Å². The number of rotatable bonds is 5. The van der Waals surface area contributed by atoms with Gasteiger partial charge in [0, 0.05) is 0 Å². The van der Waals surface area contributed by atoms with Crippen LogP contribution in [-0.4, -0.2) is 10.2 Å². The van der Waals surface area contributed by atoms with E-state index < -0.39 is 0 Å². The summed E-state index contributed by atoms with van der Waals surface area (Å²) in [5.41, 5.74) is 4.02. The minimum Gasteiger partial charge on any atom is -0.484 e. The van der Waals surface area contributed by atoms with Crippen molar-refractivity contribution < 1.29 is 9.15 Å². The molecule has 4 nitrogen and oxygen atoms in total. The summed E-state index contributed by atoms with van der Waals surface area (Å²) >= 11 is 0. The summed E-state index contributed by atoms with van der Waals surface area (Å²) in [6, 6.07) is 16.5. The molecule has 1 aromatic heterocycles. The lowest BCUT2D eigenvalue weighted by Gasteiger charge is -2.16. The van der Waals surface area contributed by atoms with Crippen molar-refractivity contribution in [2.24, 2.45) is 0 Å². The molecule has 0 saturated carbocycles. The van der Waals surface area contributed by atoms with Crippen molar-refractivity contribution in [2.75, 3.05) is 0 Å². The van der Waals surface area contributed by atoms with Gasteiger partial charge in [0.15, 0.2) is 6.61 Å². The molecule has 0 saturated heterocycles. The van der Waals surface area contributed by atoms with E-state index in [0.717, 1.165) is 17.7 Å². The number of hydrogen-bond donors (Lipinski definition) is 0. The molecule has 0 aliphatic heterocycles. The number of hydrogen-bond acceptors (Lipinski definition) is 4. The lowest BCUT2D eigenvalue weighted by Crippen LogP contribution is -2.03. The maximum absolute atomic E-state index is 5.83. The molecule has 0 bridgehead atoms. The summed E-state index contributed by atoms with van der Waals surface area (Å²) in [6.45, 7) is 0.306. The van der Waals surface area contributed by atoms with Crippen molar-refractivity contribution >= 4 is 0 Å². The topological polar surface area (TPSA) is 48.2 Å². The Kier molecular flexibility index (Phi) is 4.28. The fourth-order valence-electron chi connectivity index (χ4n) is 3.13. The lowest BCUT2D eigenvalue weighted by molar-refractivity contribution is 0.259. The van der Waals surface area contributed by atoms with Crippen LogP contribution in [0.15, 0.2) is 52.9 Å². The Morgan fingerprint density at radius 1 is 0.875 bits per heavy atom. The van der Waals surface area contributed by atoms with Crippen LogP contribution < -0.4 is 4.74 Å². The van der Waals surface area contributed by atoms with Crippen molar-refractivity contribution in [2.45, 2.75) is 38.7 Å². The molecule has 0 fully saturated rings. The predicted molar refractivity (Wildman–Crippen MR) is 91.0 cm³/mol. The molecule has 3 aromatic rings. The number of ether oxygens (including phenoxy) is 1. The fraction of sp³-hybridized carbons (Fsp3) is 0.300. The highest BCUT2D eigenvalue weighted by Crippen LogP contribution is 2.25. The van der Waals surface area contributed by atoms with Crippen molar-refractivity contribution in [3.63, 3.8) is 0 Å². The third-order valence-electron chi connectivity index (χ3n) is 4.39.